The van der Waals surface area contributed by atoms with Crippen LogP contribution >= 0.6 is 11.6 Å². The number of ketones is 1. The van der Waals surface area contributed by atoms with E-state index >= 15 is 0 Å². The van der Waals surface area contributed by atoms with Gasteiger partial charge in [-0.15, -0.1) is 10.2 Å². The Balaban J connectivity index is 1.20. The van der Waals surface area contributed by atoms with Gasteiger partial charge in [0, 0.05) is 17.2 Å². The van der Waals surface area contributed by atoms with Crippen LogP contribution in [0.5, 0.6) is 5.75 Å². The largest absolute Gasteiger partial charge is 0.484 e. The fourth-order valence-electron chi connectivity index (χ4n) is 3.70. The first-order chi connectivity index (χ1) is 17.1. The molecule has 7 nitrogen and oxygen atoms in total. The fourth-order valence-corrected chi connectivity index (χ4v) is 3.92. The van der Waals surface area contributed by atoms with Crippen molar-refractivity contribution in [2.45, 2.75) is 25.4 Å². The number of rotatable bonds is 9. The molecule has 0 unspecified atom stereocenters. The Labute approximate surface area is 207 Å². The molecule has 1 fully saturated rings. The summed E-state index contributed by atoms with van der Waals surface area (Å²) in [6, 6.07) is 23.2. The van der Waals surface area contributed by atoms with Gasteiger partial charge in [-0.05, 0) is 49.2 Å². The Hall–Kier alpha value is -3.97. The molecular weight excluding hydrogens is 466 g/mol. The maximum atomic E-state index is 12.9. The molecule has 1 aliphatic rings. The second-order valence-electron chi connectivity index (χ2n) is 8.24. The maximum absolute atomic E-state index is 12.9. The van der Waals surface area contributed by atoms with Gasteiger partial charge in [0.15, 0.2) is 12.4 Å². The van der Waals surface area contributed by atoms with Crippen LogP contribution in [0.25, 0.3) is 11.5 Å². The van der Waals surface area contributed by atoms with Gasteiger partial charge in [-0.2, -0.15) is 0 Å². The molecule has 1 saturated carbocycles. The van der Waals surface area contributed by atoms with Crippen LogP contribution < -0.4 is 4.74 Å². The summed E-state index contributed by atoms with van der Waals surface area (Å²) in [5, 5.41) is 8.69. The number of benzene rings is 3. The number of carbonyl (C=O) groups is 2. The minimum absolute atomic E-state index is 0.0659. The van der Waals surface area contributed by atoms with E-state index in [0.29, 0.717) is 39.2 Å². The predicted octanol–water partition coefficient (Wildman–Crippen LogP) is 5.19. The van der Waals surface area contributed by atoms with Gasteiger partial charge in [0.2, 0.25) is 11.8 Å². The number of ether oxygens (including phenoxy) is 1. The lowest BCUT2D eigenvalue weighted by atomic mass is 10.0. The predicted molar refractivity (Wildman–Crippen MR) is 130 cm³/mol. The molecule has 1 amide bonds. The standard InChI is InChI=1S/C27H22ClN3O4/c28-23-9-5-4-8-22(23)27-30-29-24(35-27)16-31(20-12-13-20)25(32)17-34-21-14-10-19(11-15-21)26(33)18-6-2-1-3-7-18/h1-11,14-15,20H,12-13,16-17H2. The summed E-state index contributed by atoms with van der Waals surface area (Å²) in [6.07, 6.45) is 1.85. The Morgan fingerprint density at radius 1 is 0.914 bits per heavy atom. The number of amides is 1. The summed E-state index contributed by atoms with van der Waals surface area (Å²) in [4.78, 5) is 27.2. The maximum Gasteiger partial charge on any atom is 0.261 e. The van der Waals surface area contributed by atoms with Crippen LogP contribution in [0.4, 0.5) is 0 Å². The minimum Gasteiger partial charge on any atom is -0.484 e. The SMILES string of the molecule is O=C(c1ccccc1)c1ccc(OCC(=O)N(Cc2nnc(-c3ccccc3Cl)o2)C2CC2)cc1. The monoisotopic (exact) mass is 487 g/mol. The van der Waals surface area contributed by atoms with Crippen LogP contribution in [0.15, 0.2) is 83.3 Å². The number of halogens is 1. The molecule has 0 aliphatic heterocycles. The fraction of sp³-hybridized carbons (Fsp3) is 0.185. The zero-order valence-corrected chi connectivity index (χ0v) is 19.5. The molecule has 0 bridgehead atoms. The van der Waals surface area contributed by atoms with Gasteiger partial charge in [0.05, 0.1) is 17.1 Å². The van der Waals surface area contributed by atoms with E-state index in [9.17, 15) is 9.59 Å². The third kappa shape index (κ3) is 5.41. The van der Waals surface area contributed by atoms with E-state index in [0.717, 1.165) is 12.8 Å². The normalized spacial score (nSPS) is 12.8. The van der Waals surface area contributed by atoms with Crippen LogP contribution in [-0.4, -0.2) is 39.4 Å². The second-order valence-corrected chi connectivity index (χ2v) is 8.65. The summed E-state index contributed by atoms with van der Waals surface area (Å²) in [7, 11) is 0. The highest BCUT2D eigenvalue weighted by Crippen LogP contribution is 2.30. The second kappa shape index (κ2) is 10.1. The van der Waals surface area contributed by atoms with Crippen molar-refractivity contribution in [3.63, 3.8) is 0 Å². The Bertz CT molecular complexity index is 1330. The van der Waals surface area contributed by atoms with Crippen LogP contribution in [0.3, 0.4) is 0 Å². The zero-order chi connectivity index (χ0) is 24.2. The summed E-state index contributed by atoms with van der Waals surface area (Å²) in [6.45, 7) is 0.0722. The molecule has 176 valence electrons. The highest BCUT2D eigenvalue weighted by atomic mass is 35.5. The van der Waals surface area contributed by atoms with Crippen molar-refractivity contribution in [2.75, 3.05) is 6.61 Å². The van der Waals surface area contributed by atoms with E-state index in [1.54, 1.807) is 53.4 Å². The van der Waals surface area contributed by atoms with Gasteiger partial charge in [-0.25, -0.2) is 0 Å². The summed E-state index contributed by atoms with van der Waals surface area (Å²) in [5.41, 5.74) is 1.82. The summed E-state index contributed by atoms with van der Waals surface area (Å²) in [5.74, 6) is 0.926. The van der Waals surface area contributed by atoms with Gasteiger partial charge >= 0.3 is 0 Å². The van der Waals surface area contributed by atoms with E-state index in [1.807, 2.05) is 30.3 Å². The number of nitrogens with zero attached hydrogens (tertiary/aromatic N) is 3. The van der Waals surface area contributed by atoms with Crippen LogP contribution in [0.1, 0.15) is 34.7 Å². The van der Waals surface area contributed by atoms with Crippen molar-refractivity contribution in [3.05, 3.63) is 101 Å². The van der Waals surface area contributed by atoms with E-state index in [2.05, 4.69) is 10.2 Å². The Morgan fingerprint density at radius 2 is 1.60 bits per heavy atom. The first kappa shape index (κ1) is 22.8. The average Bonchev–Trinajstić information content (AvgIpc) is 3.64. The lowest BCUT2D eigenvalue weighted by molar-refractivity contribution is -0.134. The van der Waals surface area contributed by atoms with Gasteiger partial charge in [-0.3, -0.25) is 9.59 Å². The lowest BCUT2D eigenvalue weighted by Gasteiger charge is -2.20. The van der Waals surface area contributed by atoms with E-state index in [-0.39, 0.29) is 30.9 Å². The number of carbonyl (C=O) groups excluding carboxylic acids is 2. The van der Waals surface area contributed by atoms with Crippen molar-refractivity contribution < 1.29 is 18.7 Å². The van der Waals surface area contributed by atoms with Gasteiger partial charge in [0.1, 0.15) is 5.75 Å². The van der Waals surface area contributed by atoms with E-state index in [4.69, 9.17) is 20.8 Å². The van der Waals surface area contributed by atoms with Gasteiger partial charge in [-0.1, -0.05) is 54.1 Å². The van der Waals surface area contributed by atoms with Crippen molar-refractivity contribution in [3.8, 4) is 17.2 Å². The molecule has 1 aliphatic carbocycles. The summed E-state index contributed by atoms with van der Waals surface area (Å²) < 4.78 is 11.5. The highest BCUT2D eigenvalue weighted by molar-refractivity contribution is 6.33. The van der Waals surface area contributed by atoms with E-state index in [1.165, 1.54) is 0 Å². The first-order valence-electron chi connectivity index (χ1n) is 11.3. The number of aromatic nitrogens is 2. The molecule has 1 aromatic heterocycles. The molecule has 0 spiro atoms. The van der Waals surface area contributed by atoms with E-state index < -0.39 is 0 Å². The molecule has 1 heterocycles. The average molecular weight is 488 g/mol. The Morgan fingerprint density at radius 3 is 2.31 bits per heavy atom. The quantitative estimate of drug-likeness (QED) is 0.302. The first-order valence-corrected chi connectivity index (χ1v) is 11.7. The van der Waals surface area contributed by atoms with Gasteiger partial charge < -0.3 is 14.1 Å². The molecule has 0 atom stereocenters. The topological polar surface area (TPSA) is 85.5 Å². The summed E-state index contributed by atoms with van der Waals surface area (Å²) >= 11 is 6.21. The van der Waals surface area contributed by atoms with Gasteiger partial charge in [0.25, 0.3) is 5.91 Å². The van der Waals surface area contributed by atoms with Crippen LogP contribution in [0.2, 0.25) is 5.02 Å². The molecule has 0 N–H and O–H groups in total. The molecule has 5 rings (SSSR count). The minimum atomic E-state index is -0.172. The molecule has 4 aromatic rings. The molecule has 8 heteroatoms. The molecule has 0 radical (unpaired) electrons. The third-order valence-corrected chi connectivity index (χ3v) is 6.03. The van der Waals surface area contributed by atoms with Crippen LogP contribution in [-0.2, 0) is 11.3 Å². The van der Waals surface area contributed by atoms with Crippen molar-refractivity contribution >= 4 is 23.3 Å². The van der Waals surface area contributed by atoms with Crippen molar-refractivity contribution in [1.82, 2.24) is 15.1 Å². The Kier molecular flexibility index (Phi) is 6.59. The third-order valence-electron chi connectivity index (χ3n) is 5.70. The molecule has 35 heavy (non-hydrogen) atoms. The van der Waals surface area contributed by atoms with Crippen molar-refractivity contribution in [1.29, 1.82) is 0 Å². The smallest absolute Gasteiger partial charge is 0.261 e. The highest BCUT2D eigenvalue weighted by Gasteiger charge is 2.34. The molecule has 0 saturated heterocycles. The number of hydrogen-bond acceptors (Lipinski definition) is 6. The molecule has 3 aromatic carbocycles. The molecular formula is C27H22ClN3O4. The van der Waals surface area contributed by atoms with Crippen LogP contribution in [0, 0.1) is 0 Å². The zero-order valence-electron chi connectivity index (χ0n) is 18.8. The number of hydrogen-bond donors (Lipinski definition) is 0. The lowest BCUT2D eigenvalue weighted by Crippen LogP contribution is -2.36. The van der Waals surface area contributed by atoms with Crippen molar-refractivity contribution in [2.24, 2.45) is 0 Å².